The molecule has 2 aliphatic rings. The minimum absolute atomic E-state index is 0.573. The van der Waals surface area contributed by atoms with Crippen molar-refractivity contribution in [1.29, 1.82) is 0 Å². The fourth-order valence-electron chi connectivity index (χ4n) is 3.75. The lowest BCUT2D eigenvalue weighted by atomic mass is 10.0. The first-order valence-corrected chi connectivity index (χ1v) is 6.92. The summed E-state index contributed by atoms with van der Waals surface area (Å²) in [5.74, 6) is 3.96. The van der Waals surface area contributed by atoms with Crippen molar-refractivity contribution in [3.05, 3.63) is 29.6 Å². The van der Waals surface area contributed by atoms with E-state index in [2.05, 4.69) is 29.8 Å². The molecular formula is C15H19N3. The summed E-state index contributed by atoms with van der Waals surface area (Å²) in [6.45, 7) is 0.573. The van der Waals surface area contributed by atoms with Crippen molar-refractivity contribution in [3.8, 4) is 0 Å². The monoisotopic (exact) mass is 241 g/mol. The van der Waals surface area contributed by atoms with Crippen molar-refractivity contribution in [3.63, 3.8) is 0 Å². The van der Waals surface area contributed by atoms with E-state index in [1.54, 1.807) is 0 Å². The highest BCUT2D eigenvalue weighted by atomic mass is 15.1. The maximum atomic E-state index is 5.81. The van der Waals surface area contributed by atoms with Gasteiger partial charge in [0.15, 0.2) is 0 Å². The zero-order valence-corrected chi connectivity index (χ0v) is 10.8. The SMILES string of the molecule is Cn1c(C2CC3CC3C2)nc2c(CN)cccc21. The molecule has 1 aromatic heterocycles. The second kappa shape index (κ2) is 3.58. The quantitative estimate of drug-likeness (QED) is 0.878. The summed E-state index contributed by atoms with van der Waals surface area (Å²) in [5.41, 5.74) is 9.31. The standard InChI is InChI=1S/C15H19N3/c1-18-13-4-2-3-9(8-16)14(13)17-15(18)12-6-10-5-11(10)7-12/h2-4,10-12H,5-8,16H2,1H3. The highest BCUT2D eigenvalue weighted by molar-refractivity contribution is 5.79. The zero-order chi connectivity index (χ0) is 12.3. The van der Waals surface area contributed by atoms with Crippen LogP contribution in [0, 0.1) is 11.8 Å². The summed E-state index contributed by atoms with van der Waals surface area (Å²) in [4.78, 5) is 4.90. The highest BCUT2D eigenvalue weighted by Gasteiger charge is 2.47. The van der Waals surface area contributed by atoms with Gasteiger partial charge in [-0.05, 0) is 42.7 Å². The molecule has 0 bridgehead atoms. The molecule has 2 N–H and O–H groups in total. The zero-order valence-electron chi connectivity index (χ0n) is 10.8. The molecule has 2 aliphatic carbocycles. The molecule has 18 heavy (non-hydrogen) atoms. The van der Waals surface area contributed by atoms with Crippen LogP contribution in [0.4, 0.5) is 0 Å². The van der Waals surface area contributed by atoms with Gasteiger partial charge in [0, 0.05) is 19.5 Å². The first-order chi connectivity index (χ1) is 8.78. The molecule has 3 nitrogen and oxygen atoms in total. The Morgan fingerprint density at radius 1 is 1.28 bits per heavy atom. The van der Waals surface area contributed by atoms with Gasteiger partial charge in [-0.1, -0.05) is 12.1 Å². The van der Waals surface area contributed by atoms with E-state index in [4.69, 9.17) is 10.7 Å². The molecule has 1 heterocycles. The molecule has 0 radical (unpaired) electrons. The van der Waals surface area contributed by atoms with Crippen molar-refractivity contribution < 1.29 is 0 Å². The maximum absolute atomic E-state index is 5.81. The van der Waals surface area contributed by atoms with Crippen molar-refractivity contribution in [2.24, 2.45) is 24.6 Å². The van der Waals surface area contributed by atoms with Gasteiger partial charge in [-0.25, -0.2) is 4.98 Å². The Morgan fingerprint density at radius 2 is 2.06 bits per heavy atom. The van der Waals surface area contributed by atoms with Gasteiger partial charge in [0.1, 0.15) is 5.82 Å². The predicted octanol–water partition coefficient (Wildman–Crippen LogP) is 2.55. The third kappa shape index (κ3) is 1.37. The summed E-state index contributed by atoms with van der Waals surface area (Å²) < 4.78 is 2.28. The van der Waals surface area contributed by atoms with Gasteiger partial charge in [-0.2, -0.15) is 0 Å². The lowest BCUT2D eigenvalue weighted by Crippen LogP contribution is -2.04. The number of hydrogen-bond donors (Lipinski definition) is 1. The third-order valence-electron chi connectivity index (χ3n) is 4.86. The molecule has 2 fully saturated rings. The second-order valence-corrected chi connectivity index (χ2v) is 5.94. The largest absolute Gasteiger partial charge is 0.331 e. The van der Waals surface area contributed by atoms with E-state index >= 15 is 0 Å². The number of hydrogen-bond acceptors (Lipinski definition) is 2. The van der Waals surface area contributed by atoms with Gasteiger partial charge in [0.2, 0.25) is 0 Å². The fraction of sp³-hybridized carbons (Fsp3) is 0.533. The molecule has 0 aliphatic heterocycles. The number of nitrogens with zero attached hydrogens (tertiary/aromatic N) is 2. The summed E-state index contributed by atoms with van der Waals surface area (Å²) in [6.07, 6.45) is 4.16. The van der Waals surface area contributed by atoms with Gasteiger partial charge >= 0.3 is 0 Å². The Balaban J connectivity index is 1.83. The predicted molar refractivity (Wildman–Crippen MR) is 72.2 cm³/mol. The van der Waals surface area contributed by atoms with Crippen LogP contribution in [-0.4, -0.2) is 9.55 Å². The maximum Gasteiger partial charge on any atom is 0.112 e. The Labute approximate surface area is 107 Å². The van der Waals surface area contributed by atoms with Crippen LogP contribution in [0.2, 0.25) is 0 Å². The molecule has 3 heteroatoms. The minimum Gasteiger partial charge on any atom is -0.331 e. The molecule has 0 saturated heterocycles. The van der Waals surface area contributed by atoms with Crippen LogP contribution < -0.4 is 5.73 Å². The molecule has 4 rings (SSSR count). The van der Waals surface area contributed by atoms with Crippen molar-refractivity contribution in [2.75, 3.05) is 0 Å². The molecule has 2 aromatic rings. The van der Waals surface area contributed by atoms with Crippen LogP contribution in [0.25, 0.3) is 11.0 Å². The molecule has 2 saturated carbocycles. The normalized spacial score (nSPS) is 29.8. The second-order valence-electron chi connectivity index (χ2n) is 5.94. The Bertz CT molecular complexity index is 603. The van der Waals surface area contributed by atoms with Crippen LogP contribution in [0.15, 0.2) is 18.2 Å². The smallest absolute Gasteiger partial charge is 0.112 e. The number of nitrogens with two attached hydrogens (primary N) is 1. The van der Waals surface area contributed by atoms with Gasteiger partial charge in [-0.3, -0.25) is 0 Å². The fourth-order valence-corrected chi connectivity index (χ4v) is 3.75. The topological polar surface area (TPSA) is 43.8 Å². The molecule has 2 unspecified atom stereocenters. The van der Waals surface area contributed by atoms with E-state index in [1.165, 1.54) is 30.6 Å². The number of rotatable bonds is 2. The summed E-state index contributed by atoms with van der Waals surface area (Å²) >= 11 is 0. The molecule has 94 valence electrons. The molecule has 0 spiro atoms. The van der Waals surface area contributed by atoms with Crippen LogP contribution in [-0.2, 0) is 13.6 Å². The highest BCUT2D eigenvalue weighted by Crippen LogP contribution is 2.57. The van der Waals surface area contributed by atoms with E-state index < -0.39 is 0 Å². The molecule has 2 atom stereocenters. The lowest BCUT2D eigenvalue weighted by Gasteiger charge is -2.11. The van der Waals surface area contributed by atoms with Gasteiger partial charge in [0.25, 0.3) is 0 Å². The van der Waals surface area contributed by atoms with Crippen molar-refractivity contribution in [1.82, 2.24) is 9.55 Å². The molecular weight excluding hydrogens is 222 g/mol. The first-order valence-electron chi connectivity index (χ1n) is 6.92. The summed E-state index contributed by atoms with van der Waals surface area (Å²) in [6, 6.07) is 6.33. The number of aryl methyl sites for hydroxylation is 1. The van der Waals surface area contributed by atoms with Crippen molar-refractivity contribution in [2.45, 2.75) is 31.7 Å². The van der Waals surface area contributed by atoms with Gasteiger partial charge in [0.05, 0.1) is 11.0 Å². The number of benzene rings is 1. The van der Waals surface area contributed by atoms with E-state index in [0.717, 1.165) is 22.9 Å². The number of imidazole rings is 1. The third-order valence-corrected chi connectivity index (χ3v) is 4.86. The Morgan fingerprint density at radius 3 is 2.78 bits per heavy atom. The summed E-state index contributed by atoms with van der Waals surface area (Å²) in [5, 5.41) is 0. The van der Waals surface area contributed by atoms with Crippen LogP contribution in [0.3, 0.4) is 0 Å². The number of para-hydroxylation sites is 1. The molecule has 0 amide bonds. The van der Waals surface area contributed by atoms with Gasteiger partial charge in [-0.15, -0.1) is 0 Å². The van der Waals surface area contributed by atoms with Crippen LogP contribution in [0.5, 0.6) is 0 Å². The summed E-state index contributed by atoms with van der Waals surface area (Å²) in [7, 11) is 2.15. The lowest BCUT2D eigenvalue weighted by molar-refractivity contribution is 0.572. The average molecular weight is 241 g/mol. The molecule has 1 aromatic carbocycles. The van der Waals surface area contributed by atoms with Crippen molar-refractivity contribution >= 4 is 11.0 Å². The van der Waals surface area contributed by atoms with E-state index in [0.29, 0.717) is 12.5 Å². The Hall–Kier alpha value is -1.35. The van der Waals surface area contributed by atoms with E-state index in [9.17, 15) is 0 Å². The van der Waals surface area contributed by atoms with Crippen LogP contribution in [0.1, 0.15) is 36.6 Å². The average Bonchev–Trinajstić information content (AvgIpc) is 2.85. The van der Waals surface area contributed by atoms with E-state index in [-0.39, 0.29) is 0 Å². The minimum atomic E-state index is 0.573. The van der Waals surface area contributed by atoms with Gasteiger partial charge < -0.3 is 10.3 Å². The first kappa shape index (κ1) is 10.6. The Kier molecular flexibility index (Phi) is 2.10. The van der Waals surface area contributed by atoms with Crippen LogP contribution >= 0.6 is 0 Å². The number of fused-ring (bicyclic) bond motifs is 2. The number of aromatic nitrogens is 2. The van der Waals surface area contributed by atoms with E-state index in [1.807, 2.05) is 0 Å².